The number of fused-ring (bicyclic) bond motifs is 1. The van der Waals surface area contributed by atoms with Crippen LogP contribution in [-0.2, 0) is 7.05 Å². The Labute approximate surface area is 136 Å². The summed E-state index contributed by atoms with van der Waals surface area (Å²) >= 11 is 0. The van der Waals surface area contributed by atoms with Gasteiger partial charge in [-0.1, -0.05) is 6.07 Å². The monoisotopic (exact) mass is 309 g/mol. The second-order valence-electron chi connectivity index (χ2n) is 6.70. The smallest absolute Gasteiger partial charge is 0.0923 e. The molecule has 0 amide bonds. The van der Waals surface area contributed by atoms with E-state index in [0.717, 1.165) is 17.6 Å². The molecule has 1 aliphatic rings. The minimum absolute atomic E-state index is 0.520. The minimum atomic E-state index is 0.520. The van der Waals surface area contributed by atoms with Crippen LogP contribution >= 0.6 is 0 Å². The molecule has 1 saturated carbocycles. The standard InChI is InChI=1S/C18H23N5/c1-22-11-16(10-20-22)14-4-7-18-15(8-14)12-23(21-18)17-5-2-13(9-19)3-6-17/h4,7-8,10-13,17H,2-3,5-6,9,19H2,1H3/t13-,17-. The van der Waals surface area contributed by atoms with Gasteiger partial charge in [-0.3, -0.25) is 9.36 Å². The molecule has 1 aromatic carbocycles. The summed E-state index contributed by atoms with van der Waals surface area (Å²) in [5.74, 6) is 0.702. The molecule has 0 unspecified atom stereocenters. The van der Waals surface area contributed by atoms with Crippen molar-refractivity contribution in [2.75, 3.05) is 6.54 Å². The molecule has 0 bridgehead atoms. The van der Waals surface area contributed by atoms with Crippen molar-refractivity contribution in [3.63, 3.8) is 0 Å². The highest BCUT2D eigenvalue weighted by molar-refractivity contribution is 5.83. The normalized spacial score (nSPS) is 21.8. The third kappa shape index (κ3) is 2.77. The van der Waals surface area contributed by atoms with Crippen molar-refractivity contribution in [1.82, 2.24) is 19.6 Å². The van der Waals surface area contributed by atoms with E-state index >= 15 is 0 Å². The maximum Gasteiger partial charge on any atom is 0.0923 e. The Morgan fingerprint density at radius 1 is 1.13 bits per heavy atom. The maximum absolute atomic E-state index is 5.79. The summed E-state index contributed by atoms with van der Waals surface area (Å²) in [5, 5.41) is 10.2. The molecule has 4 rings (SSSR count). The van der Waals surface area contributed by atoms with Gasteiger partial charge < -0.3 is 5.73 Å². The van der Waals surface area contributed by atoms with Crippen LogP contribution in [0.2, 0.25) is 0 Å². The van der Waals surface area contributed by atoms with E-state index in [1.807, 2.05) is 24.1 Å². The lowest BCUT2D eigenvalue weighted by Crippen LogP contribution is -2.23. The van der Waals surface area contributed by atoms with Gasteiger partial charge in [-0.25, -0.2) is 0 Å². The molecule has 2 N–H and O–H groups in total. The van der Waals surface area contributed by atoms with E-state index < -0.39 is 0 Å². The Kier molecular flexibility index (Phi) is 3.65. The van der Waals surface area contributed by atoms with Gasteiger partial charge in [0.05, 0.1) is 17.8 Å². The molecule has 5 nitrogen and oxygen atoms in total. The summed E-state index contributed by atoms with van der Waals surface area (Å²) < 4.78 is 4.00. The Hall–Kier alpha value is -2.14. The fourth-order valence-electron chi connectivity index (χ4n) is 3.63. The zero-order valence-corrected chi connectivity index (χ0v) is 13.5. The number of aromatic nitrogens is 4. The van der Waals surface area contributed by atoms with Gasteiger partial charge >= 0.3 is 0 Å². The van der Waals surface area contributed by atoms with Crippen LogP contribution in [0.5, 0.6) is 0 Å². The van der Waals surface area contributed by atoms with Crippen LogP contribution in [-0.4, -0.2) is 26.1 Å². The van der Waals surface area contributed by atoms with Crippen LogP contribution in [0, 0.1) is 5.92 Å². The molecule has 0 saturated heterocycles. The number of nitrogens with zero attached hydrogens (tertiary/aromatic N) is 4. The molecule has 120 valence electrons. The second kappa shape index (κ2) is 5.81. The van der Waals surface area contributed by atoms with E-state index in [9.17, 15) is 0 Å². The zero-order valence-electron chi connectivity index (χ0n) is 13.5. The quantitative estimate of drug-likeness (QED) is 0.808. The molecule has 0 radical (unpaired) electrons. The number of aryl methyl sites for hydroxylation is 1. The van der Waals surface area contributed by atoms with E-state index in [1.54, 1.807) is 0 Å². The summed E-state index contributed by atoms with van der Waals surface area (Å²) in [5.41, 5.74) is 9.20. The average molecular weight is 309 g/mol. The number of rotatable bonds is 3. The van der Waals surface area contributed by atoms with Gasteiger partial charge in [0, 0.05) is 30.4 Å². The van der Waals surface area contributed by atoms with Crippen molar-refractivity contribution >= 4 is 10.9 Å². The Morgan fingerprint density at radius 2 is 1.96 bits per heavy atom. The molecule has 3 aromatic rings. The highest BCUT2D eigenvalue weighted by atomic mass is 15.3. The molecular weight excluding hydrogens is 286 g/mol. The minimum Gasteiger partial charge on any atom is -0.330 e. The SMILES string of the molecule is Cn1cc(-c2ccc3nn([C@H]4CC[C@H](CN)CC4)cc3c2)cn1. The van der Waals surface area contributed by atoms with E-state index in [2.05, 4.69) is 34.2 Å². The predicted octanol–water partition coefficient (Wildman–Crippen LogP) is 3.13. The molecule has 0 spiro atoms. The predicted molar refractivity (Wildman–Crippen MR) is 92.0 cm³/mol. The van der Waals surface area contributed by atoms with Gasteiger partial charge in [-0.05, 0) is 55.8 Å². The molecule has 1 fully saturated rings. The number of hydrogen-bond acceptors (Lipinski definition) is 3. The highest BCUT2D eigenvalue weighted by Gasteiger charge is 2.22. The van der Waals surface area contributed by atoms with E-state index in [0.29, 0.717) is 12.0 Å². The van der Waals surface area contributed by atoms with Crippen LogP contribution in [0.15, 0.2) is 36.8 Å². The topological polar surface area (TPSA) is 61.7 Å². The molecule has 23 heavy (non-hydrogen) atoms. The van der Waals surface area contributed by atoms with Crippen molar-refractivity contribution in [3.8, 4) is 11.1 Å². The first kappa shape index (κ1) is 14.5. The fraction of sp³-hybridized carbons (Fsp3) is 0.444. The number of hydrogen-bond donors (Lipinski definition) is 1. The molecule has 2 aromatic heterocycles. The van der Waals surface area contributed by atoms with Gasteiger partial charge in [-0.2, -0.15) is 10.2 Å². The molecule has 0 aliphatic heterocycles. The lowest BCUT2D eigenvalue weighted by Gasteiger charge is -2.27. The summed E-state index contributed by atoms with van der Waals surface area (Å²) in [6, 6.07) is 6.97. The van der Waals surface area contributed by atoms with E-state index in [1.165, 1.54) is 36.6 Å². The molecule has 5 heteroatoms. The van der Waals surface area contributed by atoms with Gasteiger partial charge in [0.2, 0.25) is 0 Å². The van der Waals surface area contributed by atoms with Crippen molar-refractivity contribution in [3.05, 3.63) is 36.8 Å². The third-order valence-corrected chi connectivity index (χ3v) is 5.08. The van der Waals surface area contributed by atoms with Gasteiger partial charge in [-0.15, -0.1) is 0 Å². The number of benzene rings is 1. The largest absolute Gasteiger partial charge is 0.330 e. The zero-order chi connectivity index (χ0) is 15.8. The van der Waals surface area contributed by atoms with Gasteiger partial charge in [0.25, 0.3) is 0 Å². The summed E-state index contributed by atoms with van der Waals surface area (Å²) in [7, 11) is 1.94. The lowest BCUT2D eigenvalue weighted by atomic mass is 9.86. The van der Waals surface area contributed by atoms with Crippen molar-refractivity contribution in [2.24, 2.45) is 18.7 Å². The molecular formula is C18H23N5. The molecule has 0 atom stereocenters. The van der Waals surface area contributed by atoms with Crippen molar-refractivity contribution in [1.29, 1.82) is 0 Å². The first-order valence-electron chi connectivity index (χ1n) is 8.41. The van der Waals surface area contributed by atoms with Gasteiger partial charge in [0.1, 0.15) is 0 Å². The maximum atomic E-state index is 5.79. The van der Waals surface area contributed by atoms with E-state index in [4.69, 9.17) is 10.8 Å². The summed E-state index contributed by atoms with van der Waals surface area (Å²) in [6.07, 6.45) is 11.0. The Morgan fingerprint density at radius 3 is 2.65 bits per heavy atom. The average Bonchev–Trinajstić information content (AvgIpc) is 3.20. The lowest BCUT2D eigenvalue weighted by molar-refractivity contribution is 0.266. The van der Waals surface area contributed by atoms with Crippen LogP contribution in [0.3, 0.4) is 0 Å². The Bertz CT molecular complexity index is 808. The molecule has 1 aliphatic carbocycles. The van der Waals surface area contributed by atoms with Crippen molar-refractivity contribution < 1.29 is 0 Å². The summed E-state index contributed by atoms with van der Waals surface area (Å²) in [6.45, 7) is 0.822. The number of nitrogens with two attached hydrogens (primary N) is 1. The van der Waals surface area contributed by atoms with Crippen molar-refractivity contribution in [2.45, 2.75) is 31.7 Å². The van der Waals surface area contributed by atoms with E-state index in [-0.39, 0.29) is 0 Å². The van der Waals surface area contributed by atoms with Crippen LogP contribution in [0.4, 0.5) is 0 Å². The van der Waals surface area contributed by atoms with Crippen LogP contribution in [0.25, 0.3) is 22.0 Å². The fourth-order valence-corrected chi connectivity index (χ4v) is 3.63. The van der Waals surface area contributed by atoms with Crippen LogP contribution in [0.1, 0.15) is 31.7 Å². The highest BCUT2D eigenvalue weighted by Crippen LogP contribution is 2.32. The summed E-state index contributed by atoms with van der Waals surface area (Å²) in [4.78, 5) is 0. The molecule has 2 heterocycles. The first-order chi connectivity index (χ1) is 11.2. The third-order valence-electron chi connectivity index (χ3n) is 5.08. The first-order valence-corrected chi connectivity index (χ1v) is 8.41. The van der Waals surface area contributed by atoms with Crippen LogP contribution < -0.4 is 5.73 Å². The second-order valence-corrected chi connectivity index (χ2v) is 6.70. The van der Waals surface area contributed by atoms with Gasteiger partial charge in [0.15, 0.2) is 0 Å². The Balaban J connectivity index is 1.61.